The molecule has 1 atom stereocenters. The molecule has 1 unspecified atom stereocenters. The second-order valence-electron chi connectivity index (χ2n) is 6.31. The van der Waals surface area contributed by atoms with E-state index in [4.69, 9.17) is 17.3 Å². The highest BCUT2D eigenvalue weighted by Crippen LogP contribution is 2.38. The van der Waals surface area contributed by atoms with Crippen molar-refractivity contribution < 1.29 is 0 Å². The fraction of sp³-hybridized carbons (Fsp3) is 0.412. The molecule has 0 saturated carbocycles. The molecule has 24 heavy (non-hydrogen) atoms. The van der Waals surface area contributed by atoms with Crippen LogP contribution in [0, 0.1) is 0 Å². The zero-order valence-electron chi connectivity index (χ0n) is 13.4. The van der Waals surface area contributed by atoms with Gasteiger partial charge in [-0.2, -0.15) is 9.97 Å². The van der Waals surface area contributed by atoms with E-state index in [2.05, 4.69) is 25.5 Å². The summed E-state index contributed by atoms with van der Waals surface area (Å²) in [6.07, 6.45) is 3.65. The molecule has 1 aromatic heterocycles. The molecule has 1 saturated heterocycles. The highest BCUT2D eigenvalue weighted by molar-refractivity contribution is 6.30. The molecule has 1 aromatic carbocycles. The van der Waals surface area contributed by atoms with Crippen molar-refractivity contribution in [3.63, 3.8) is 0 Å². The van der Waals surface area contributed by atoms with E-state index in [1.54, 1.807) is 0 Å². The van der Waals surface area contributed by atoms with Gasteiger partial charge in [0.05, 0.1) is 6.04 Å². The zero-order chi connectivity index (χ0) is 16.5. The van der Waals surface area contributed by atoms with E-state index in [9.17, 15) is 0 Å². The minimum atomic E-state index is 0.144. The van der Waals surface area contributed by atoms with Crippen LogP contribution in [0.5, 0.6) is 0 Å². The lowest BCUT2D eigenvalue weighted by atomic mass is 10.0. The number of fused-ring (bicyclic) bond motifs is 1. The van der Waals surface area contributed by atoms with Gasteiger partial charge in [-0.3, -0.25) is 0 Å². The van der Waals surface area contributed by atoms with Crippen molar-refractivity contribution in [2.24, 2.45) is 0 Å². The number of anilines is 4. The zero-order valence-corrected chi connectivity index (χ0v) is 14.2. The summed E-state index contributed by atoms with van der Waals surface area (Å²) in [6, 6.07) is 8.07. The minimum Gasteiger partial charge on any atom is -0.370 e. The number of piperidine rings is 1. The Labute approximate surface area is 146 Å². The molecule has 4 rings (SSSR count). The maximum Gasteiger partial charge on any atom is 0.224 e. The Morgan fingerprint density at radius 1 is 1.08 bits per heavy atom. The predicted octanol–water partition coefficient (Wildman–Crippen LogP) is 3.28. The van der Waals surface area contributed by atoms with E-state index >= 15 is 0 Å². The normalized spacial score (nSPS) is 20.0. The molecule has 0 bridgehead atoms. The summed E-state index contributed by atoms with van der Waals surface area (Å²) in [6.45, 7) is 2.76. The average Bonchev–Trinajstić information content (AvgIpc) is 2.62. The molecule has 2 aliphatic rings. The van der Waals surface area contributed by atoms with Crippen LogP contribution >= 0.6 is 11.6 Å². The van der Waals surface area contributed by atoms with Gasteiger partial charge in [-0.15, -0.1) is 0 Å². The number of nitrogens with one attached hydrogen (secondary N) is 2. The first-order valence-corrected chi connectivity index (χ1v) is 8.77. The van der Waals surface area contributed by atoms with Crippen LogP contribution in [0.15, 0.2) is 24.3 Å². The van der Waals surface area contributed by atoms with Gasteiger partial charge in [-0.05, 0) is 37.0 Å². The van der Waals surface area contributed by atoms with Crippen LogP contribution in [-0.4, -0.2) is 29.6 Å². The summed E-state index contributed by atoms with van der Waals surface area (Å²) >= 11 is 6.00. The van der Waals surface area contributed by atoms with E-state index in [1.165, 1.54) is 24.8 Å². The SMILES string of the molecule is Nc1nc2c(c(N3CCCCC3)n1)NC(c1ccc(Cl)cc1)CN2. The molecule has 2 aliphatic heterocycles. The standard InChI is InChI=1S/C17H21ClN6/c18-12-6-4-11(5-7-12)13-10-20-15-14(21-13)16(23-17(19)22-15)24-8-2-1-3-9-24/h4-7,13,21H,1-3,8-10H2,(H3,19,20,22,23). The summed E-state index contributed by atoms with van der Waals surface area (Å²) in [7, 11) is 0. The van der Waals surface area contributed by atoms with Crippen LogP contribution in [0.25, 0.3) is 0 Å². The summed E-state index contributed by atoms with van der Waals surface area (Å²) in [5.74, 6) is 2.00. The number of nitrogens with two attached hydrogens (primary N) is 1. The van der Waals surface area contributed by atoms with Crippen molar-refractivity contribution >= 4 is 34.9 Å². The van der Waals surface area contributed by atoms with Crippen LogP contribution in [0.4, 0.5) is 23.3 Å². The molecule has 126 valence electrons. The smallest absolute Gasteiger partial charge is 0.224 e. The van der Waals surface area contributed by atoms with Gasteiger partial charge in [-0.25, -0.2) is 0 Å². The lowest BCUT2D eigenvalue weighted by molar-refractivity contribution is 0.573. The Kier molecular flexibility index (Phi) is 4.06. The second kappa shape index (κ2) is 6.36. The monoisotopic (exact) mass is 344 g/mol. The van der Waals surface area contributed by atoms with Crippen LogP contribution in [0.2, 0.25) is 5.02 Å². The Morgan fingerprint density at radius 2 is 1.83 bits per heavy atom. The van der Waals surface area contributed by atoms with Gasteiger partial charge in [-0.1, -0.05) is 23.7 Å². The van der Waals surface area contributed by atoms with Gasteiger partial charge in [0.15, 0.2) is 11.6 Å². The average molecular weight is 345 g/mol. The fourth-order valence-electron chi connectivity index (χ4n) is 3.38. The molecular weight excluding hydrogens is 324 g/mol. The third-order valence-corrected chi connectivity index (χ3v) is 4.88. The third kappa shape index (κ3) is 2.94. The van der Waals surface area contributed by atoms with Gasteiger partial charge in [0.2, 0.25) is 5.95 Å². The molecule has 6 nitrogen and oxygen atoms in total. The van der Waals surface area contributed by atoms with Crippen molar-refractivity contribution in [3.05, 3.63) is 34.9 Å². The first-order chi connectivity index (χ1) is 11.7. The molecule has 0 aliphatic carbocycles. The van der Waals surface area contributed by atoms with Crippen molar-refractivity contribution in [2.75, 3.05) is 40.9 Å². The minimum absolute atomic E-state index is 0.144. The molecule has 0 spiro atoms. The Hall–Kier alpha value is -2.21. The molecule has 0 amide bonds. The summed E-state index contributed by atoms with van der Waals surface area (Å²) in [5, 5.41) is 7.73. The number of rotatable bonds is 2. The first kappa shape index (κ1) is 15.3. The van der Waals surface area contributed by atoms with Crippen LogP contribution in [-0.2, 0) is 0 Å². The number of hydrogen-bond donors (Lipinski definition) is 3. The first-order valence-electron chi connectivity index (χ1n) is 8.39. The second-order valence-corrected chi connectivity index (χ2v) is 6.74. The highest BCUT2D eigenvalue weighted by atomic mass is 35.5. The highest BCUT2D eigenvalue weighted by Gasteiger charge is 2.27. The van der Waals surface area contributed by atoms with Gasteiger partial charge in [0, 0.05) is 24.7 Å². The lowest BCUT2D eigenvalue weighted by Gasteiger charge is -2.34. The fourth-order valence-corrected chi connectivity index (χ4v) is 3.51. The number of hydrogen-bond acceptors (Lipinski definition) is 6. The quantitative estimate of drug-likeness (QED) is 0.776. The summed E-state index contributed by atoms with van der Waals surface area (Å²) in [4.78, 5) is 11.2. The van der Waals surface area contributed by atoms with E-state index in [-0.39, 0.29) is 6.04 Å². The maximum absolute atomic E-state index is 6.00. The number of aromatic nitrogens is 2. The van der Waals surface area contributed by atoms with E-state index < -0.39 is 0 Å². The number of benzene rings is 1. The van der Waals surface area contributed by atoms with Gasteiger partial charge < -0.3 is 21.3 Å². The number of halogens is 1. The molecule has 0 radical (unpaired) electrons. The Balaban J connectivity index is 1.67. The van der Waals surface area contributed by atoms with Crippen LogP contribution < -0.4 is 21.3 Å². The van der Waals surface area contributed by atoms with Crippen molar-refractivity contribution in [1.29, 1.82) is 0 Å². The Bertz CT molecular complexity index is 727. The van der Waals surface area contributed by atoms with Gasteiger partial charge in [0.25, 0.3) is 0 Å². The lowest BCUT2D eigenvalue weighted by Crippen LogP contribution is -2.34. The Morgan fingerprint density at radius 3 is 2.58 bits per heavy atom. The van der Waals surface area contributed by atoms with Crippen molar-refractivity contribution in [3.8, 4) is 0 Å². The number of nitrogen functional groups attached to an aromatic ring is 1. The van der Waals surface area contributed by atoms with Crippen LogP contribution in [0.1, 0.15) is 30.9 Å². The largest absolute Gasteiger partial charge is 0.370 e. The topological polar surface area (TPSA) is 79.1 Å². The third-order valence-electron chi connectivity index (χ3n) is 4.63. The summed E-state index contributed by atoms with van der Waals surface area (Å²) < 4.78 is 0. The molecular formula is C17H21ClN6. The molecule has 1 fully saturated rings. The maximum atomic E-state index is 6.00. The van der Waals surface area contributed by atoms with Crippen molar-refractivity contribution in [2.45, 2.75) is 25.3 Å². The molecule has 3 heterocycles. The van der Waals surface area contributed by atoms with Crippen LogP contribution in [0.3, 0.4) is 0 Å². The molecule has 2 aromatic rings. The van der Waals surface area contributed by atoms with E-state index in [1.807, 2.05) is 24.3 Å². The molecule has 7 heteroatoms. The van der Waals surface area contributed by atoms with Gasteiger partial charge in [0.1, 0.15) is 5.69 Å². The van der Waals surface area contributed by atoms with E-state index in [0.717, 1.165) is 42.0 Å². The molecule has 4 N–H and O–H groups in total. The van der Waals surface area contributed by atoms with E-state index in [0.29, 0.717) is 5.95 Å². The predicted molar refractivity (Wildman–Crippen MR) is 98.8 cm³/mol. The summed E-state index contributed by atoms with van der Waals surface area (Å²) in [5.41, 5.74) is 8.04. The van der Waals surface area contributed by atoms with Gasteiger partial charge >= 0.3 is 0 Å². The van der Waals surface area contributed by atoms with Crippen molar-refractivity contribution in [1.82, 2.24) is 9.97 Å². The number of nitrogens with zero attached hydrogens (tertiary/aromatic N) is 3.